The van der Waals surface area contributed by atoms with Gasteiger partial charge in [0.2, 0.25) is 0 Å². The van der Waals surface area contributed by atoms with Crippen molar-refractivity contribution in [3.05, 3.63) is 0 Å². The highest BCUT2D eigenvalue weighted by atomic mass is 16.5. The Morgan fingerprint density at radius 1 is 1.47 bits per heavy atom. The minimum atomic E-state index is 0.415. The molecule has 2 unspecified atom stereocenters. The maximum atomic E-state index is 5.76. The molecule has 102 valence electrons. The van der Waals surface area contributed by atoms with Gasteiger partial charge in [0.25, 0.3) is 0 Å². The summed E-state index contributed by atoms with van der Waals surface area (Å²) in [4.78, 5) is 2.35. The van der Waals surface area contributed by atoms with Crippen molar-refractivity contribution in [2.24, 2.45) is 0 Å². The van der Waals surface area contributed by atoms with Gasteiger partial charge in [-0.05, 0) is 32.9 Å². The van der Waals surface area contributed by atoms with Gasteiger partial charge >= 0.3 is 0 Å². The third kappa shape index (κ3) is 6.36. The normalized spacial score (nSPS) is 22.9. The molecule has 17 heavy (non-hydrogen) atoms. The van der Waals surface area contributed by atoms with Crippen LogP contribution < -0.4 is 5.32 Å². The Morgan fingerprint density at radius 2 is 2.29 bits per heavy atom. The first-order chi connectivity index (χ1) is 8.26. The van der Waals surface area contributed by atoms with Gasteiger partial charge in [-0.2, -0.15) is 0 Å². The van der Waals surface area contributed by atoms with E-state index in [1.807, 2.05) is 0 Å². The molecule has 0 aliphatic carbocycles. The van der Waals surface area contributed by atoms with E-state index in [1.54, 1.807) is 7.11 Å². The lowest BCUT2D eigenvalue weighted by Crippen LogP contribution is -2.45. The lowest BCUT2D eigenvalue weighted by molar-refractivity contribution is -0.00390. The lowest BCUT2D eigenvalue weighted by atomic mass is 10.1. The fraction of sp³-hybridized carbons (Fsp3) is 1.00. The molecule has 0 saturated carbocycles. The summed E-state index contributed by atoms with van der Waals surface area (Å²) in [5, 5.41) is 3.44. The van der Waals surface area contributed by atoms with E-state index < -0.39 is 0 Å². The third-order valence-corrected chi connectivity index (χ3v) is 3.18. The first-order valence-electron chi connectivity index (χ1n) is 6.78. The van der Waals surface area contributed by atoms with Crippen molar-refractivity contribution < 1.29 is 9.47 Å². The van der Waals surface area contributed by atoms with E-state index in [9.17, 15) is 0 Å². The predicted octanol–water partition coefficient (Wildman–Crippen LogP) is 1.11. The van der Waals surface area contributed by atoms with Crippen LogP contribution in [0.3, 0.4) is 0 Å². The van der Waals surface area contributed by atoms with Gasteiger partial charge in [-0.1, -0.05) is 6.92 Å². The minimum Gasteiger partial charge on any atom is -0.383 e. The van der Waals surface area contributed by atoms with Crippen molar-refractivity contribution in [3.8, 4) is 0 Å². The molecule has 1 fully saturated rings. The van der Waals surface area contributed by atoms with E-state index in [-0.39, 0.29) is 0 Å². The first-order valence-corrected chi connectivity index (χ1v) is 6.78. The Morgan fingerprint density at radius 3 is 2.88 bits per heavy atom. The summed E-state index contributed by atoms with van der Waals surface area (Å²) in [6.07, 6.45) is 4.18. The van der Waals surface area contributed by atoms with E-state index in [0.29, 0.717) is 12.1 Å². The van der Waals surface area contributed by atoms with Gasteiger partial charge in [-0.15, -0.1) is 0 Å². The SMILES string of the molecule is CCNC(COC)CN(C)CC1CCCCO1. The molecule has 1 N–H and O–H groups in total. The van der Waals surface area contributed by atoms with Gasteiger partial charge in [-0.25, -0.2) is 0 Å². The van der Waals surface area contributed by atoms with Crippen LogP contribution in [-0.2, 0) is 9.47 Å². The van der Waals surface area contributed by atoms with Crippen LogP contribution in [0.15, 0.2) is 0 Å². The molecule has 0 aromatic carbocycles. The highest BCUT2D eigenvalue weighted by Gasteiger charge is 2.17. The summed E-state index contributed by atoms with van der Waals surface area (Å²) in [7, 11) is 3.92. The average molecular weight is 244 g/mol. The highest BCUT2D eigenvalue weighted by Crippen LogP contribution is 2.13. The van der Waals surface area contributed by atoms with Gasteiger partial charge < -0.3 is 19.7 Å². The Labute approximate surface area is 106 Å². The molecular formula is C13H28N2O2. The van der Waals surface area contributed by atoms with Gasteiger partial charge in [0, 0.05) is 32.8 Å². The fourth-order valence-corrected chi connectivity index (χ4v) is 2.42. The smallest absolute Gasteiger partial charge is 0.0701 e. The van der Waals surface area contributed by atoms with Crippen LogP contribution in [0.2, 0.25) is 0 Å². The molecule has 1 aliphatic rings. The molecule has 1 rings (SSSR count). The summed E-state index contributed by atoms with van der Waals surface area (Å²) in [6.45, 7) is 6.87. The van der Waals surface area contributed by atoms with Crippen molar-refractivity contribution in [2.45, 2.75) is 38.3 Å². The topological polar surface area (TPSA) is 33.7 Å². The molecule has 0 radical (unpaired) electrons. The van der Waals surface area contributed by atoms with E-state index >= 15 is 0 Å². The molecule has 2 atom stereocenters. The lowest BCUT2D eigenvalue weighted by Gasteiger charge is -2.29. The van der Waals surface area contributed by atoms with E-state index in [1.165, 1.54) is 19.3 Å². The maximum absolute atomic E-state index is 5.76. The fourth-order valence-electron chi connectivity index (χ4n) is 2.42. The van der Waals surface area contributed by atoms with Gasteiger partial charge in [0.05, 0.1) is 12.7 Å². The molecule has 0 bridgehead atoms. The Balaban J connectivity index is 2.22. The summed E-state index contributed by atoms with van der Waals surface area (Å²) in [5.41, 5.74) is 0. The van der Waals surface area contributed by atoms with Crippen LogP contribution in [0.25, 0.3) is 0 Å². The minimum absolute atomic E-state index is 0.415. The molecular weight excluding hydrogens is 216 g/mol. The first kappa shape index (κ1) is 14.9. The van der Waals surface area contributed by atoms with Crippen molar-refractivity contribution in [2.75, 3.05) is 47.0 Å². The van der Waals surface area contributed by atoms with Gasteiger partial charge in [-0.3, -0.25) is 0 Å². The zero-order chi connectivity index (χ0) is 12.5. The quantitative estimate of drug-likeness (QED) is 0.693. The number of nitrogens with one attached hydrogen (secondary N) is 1. The van der Waals surface area contributed by atoms with Crippen LogP contribution in [0, 0.1) is 0 Å². The van der Waals surface area contributed by atoms with Crippen molar-refractivity contribution in [1.29, 1.82) is 0 Å². The Kier molecular flexibility index (Phi) is 7.77. The largest absolute Gasteiger partial charge is 0.383 e. The van der Waals surface area contributed by atoms with Gasteiger partial charge in [0.15, 0.2) is 0 Å². The van der Waals surface area contributed by atoms with Crippen LogP contribution in [0.1, 0.15) is 26.2 Å². The van der Waals surface area contributed by atoms with Gasteiger partial charge in [0.1, 0.15) is 0 Å². The van der Waals surface area contributed by atoms with E-state index in [4.69, 9.17) is 9.47 Å². The summed E-state index contributed by atoms with van der Waals surface area (Å²) in [5.74, 6) is 0. The van der Waals surface area contributed by atoms with Crippen molar-refractivity contribution >= 4 is 0 Å². The second-order valence-corrected chi connectivity index (χ2v) is 4.92. The molecule has 1 heterocycles. The number of methoxy groups -OCH3 is 1. The molecule has 0 aromatic heterocycles. The number of likely N-dealkylation sites (N-methyl/N-ethyl adjacent to an activating group) is 2. The Bertz CT molecular complexity index is 178. The molecule has 0 amide bonds. The predicted molar refractivity (Wildman–Crippen MR) is 70.4 cm³/mol. The zero-order valence-electron chi connectivity index (χ0n) is 11.6. The van der Waals surface area contributed by atoms with Crippen LogP contribution in [-0.4, -0.2) is 64.1 Å². The Hall–Kier alpha value is -0.160. The zero-order valence-corrected chi connectivity index (χ0v) is 11.6. The number of ether oxygens (including phenoxy) is 2. The molecule has 4 heteroatoms. The number of hydrogen-bond donors (Lipinski definition) is 1. The molecule has 0 spiro atoms. The standard InChI is InChI=1S/C13H28N2O2/c1-4-14-12(11-16-3)9-15(2)10-13-7-5-6-8-17-13/h12-14H,4-11H2,1-3H3. The second-order valence-electron chi connectivity index (χ2n) is 4.92. The van der Waals surface area contributed by atoms with Crippen LogP contribution in [0.5, 0.6) is 0 Å². The third-order valence-electron chi connectivity index (χ3n) is 3.18. The van der Waals surface area contributed by atoms with Crippen molar-refractivity contribution in [1.82, 2.24) is 10.2 Å². The molecule has 1 aliphatic heterocycles. The summed E-state index contributed by atoms with van der Waals surface area (Å²) in [6, 6.07) is 0.415. The molecule has 4 nitrogen and oxygen atoms in total. The van der Waals surface area contributed by atoms with Crippen LogP contribution >= 0.6 is 0 Å². The molecule has 1 saturated heterocycles. The monoisotopic (exact) mass is 244 g/mol. The highest BCUT2D eigenvalue weighted by molar-refractivity contribution is 4.73. The van der Waals surface area contributed by atoms with Crippen molar-refractivity contribution in [3.63, 3.8) is 0 Å². The summed E-state index contributed by atoms with van der Waals surface area (Å²) < 4.78 is 11.0. The summed E-state index contributed by atoms with van der Waals surface area (Å²) >= 11 is 0. The van der Waals surface area contributed by atoms with E-state index in [2.05, 4.69) is 24.2 Å². The number of hydrogen-bond acceptors (Lipinski definition) is 4. The second kappa shape index (κ2) is 8.86. The van der Waals surface area contributed by atoms with Crippen LogP contribution in [0.4, 0.5) is 0 Å². The van der Waals surface area contributed by atoms with E-state index in [0.717, 1.165) is 32.8 Å². The number of rotatable bonds is 8. The molecule has 0 aromatic rings. The number of nitrogens with zero attached hydrogens (tertiary/aromatic N) is 1. The maximum Gasteiger partial charge on any atom is 0.0701 e. The average Bonchev–Trinajstić information content (AvgIpc) is 2.30.